The number of aryl methyl sites for hydroxylation is 2. The van der Waals surface area contributed by atoms with Crippen molar-refractivity contribution in [3.8, 4) is 33.6 Å². The van der Waals surface area contributed by atoms with Crippen LogP contribution in [-0.2, 0) is 12.4 Å². The van der Waals surface area contributed by atoms with Crippen LogP contribution in [0.4, 0.5) is 26.3 Å². The summed E-state index contributed by atoms with van der Waals surface area (Å²) in [6, 6.07) is 48.5. The topological polar surface area (TPSA) is 25.6 Å². The van der Waals surface area contributed by atoms with Crippen LogP contribution in [0.3, 0.4) is 0 Å². The van der Waals surface area contributed by atoms with Crippen molar-refractivity contribution >= 4 is 65.4 Å². The number of hydrogen-bond donors (Lipinski definition) is 1. The monoisotopic (exact) mass is 813 g/mol. The van der Waals surface area contributed by atoms with Gasteiger partial charge in [0.05, 0.1) is 33.2 Å². The van der Waals surface area contributed by atoms with Crippen molar-refractivity contribution in [3.05, 3.63) is 180 Å². The highest BCUT2D eigenvalue weighted by molar-refractivity contribution is 6.12. The number of aromatic nitrogens is 3. The van der Waals surface area contributed by atoms with Gasteiger partial charge in [-0.25, -0.2) is 0 Å². The zero-order valence-corrected chi connectivity index (χ0v) is 32.7. The molecule has 0 radical (unpaired) electrons. The Morgan fingerprint density at radius 3 is 1.07 bits per heavy atom. The number of aromatic amines is 1. The number of alkyl halides is 6. The van der Waals surface area contributed by atoms with Gasteiger partial charge in [-0.15, -0.1) is 0 Å². The highest BCUT2D eigenvalue weighted by atomic mass is 19.4. The van der Waals surface area contributed by atoms with Crippen molar-refractivity contribution in [2.45, 2.75) is 26.2 Å². The average molecular weight is 814 g/mol. The molecule has 8 aromatic carbocycles. The fourth-order valence-corrected chi connectivity index (χ4v) is 9.05. The predicted octanol–water partition coefficient (Wildman–Crippen LogP) is 15.5. The molecule has 0 bridgehead atoms. The maximum absolute atomic E-state index is 13.7. The van der Waals surface area contributed by atoms with Crippen molar-refractivity contribution < 1.29 is 26.3 Å². The number of benzene rings is 8. The van der Waals surface area contributed by atoms with E-state index in [1.807, 2.05) is 108 Å². The third-order valence-corrected chi connectivity index (χ3v) is 12.0. The molecule has 0 amide bonds. The van der Waals surface area contributed by atoms with Gasteiger partial charge in [0.25, 0.3) is 0 Å². The molecular weight excluding hydrogens is 781 g/mol. The molecule has 0 unspecified atom stereocenters. The van der Waals surface area contributed by atoms with Gasteiger partial charge in [-0.05, 0) is 145 Å². The van der Waals surface area contributed by atoms with Gasteiger partial charge in [-0.2, -0.15) is 26.3 Å². The van der Waals surface area contributed by atoms with Crippen LogP contribution in [0.5, 0.6) is 0 Å². The van der Waals surface area contributed by atoms with Gasteiger partial charge >= 0.3 is 12.4 Å². The van der Waals surface area contributed by atoms with Crippen molar-refractivity contribution in [2.24, 2.45) is 0 Å². The summed E-state index contributed by atoms with van der Waals surface area (Å²) in [7, 11) is 0. The largest absolute Gasteiger partial charge is 0.416 e. The van der Waals surface area contributed by atoms with Gasteiger partial charge in [0.2, 0.25) is 0 Å². The molecule has 0 atom stereocenters. The van der Waals surface area contributed by atoms with Crippen molar-refractivity contribution in [1.29, 1.82) is 0 Å². The van der Waals surface area contributed by atoms with Crippen molar-refractivity contribution in [3.63, 3.8) is 0 Å². The summed E-state index contributed by atoms with van der Waals surface area (Å²) < 4.78 is 86.5. The molecule has 9 heteroatoms. The summed E-state index contributed by atoms with van der Waals surface area (Å²) in [6.07, 6.45) is -8.88. The highest BCUT2D eigenvalue weighted by Crippen LogP contribution is 2.41. The third-order valence-electron chi connectivity index (χ3n) is 12.0. The first kappa shape index (κ1) is 36.8. The Labute approximate surface area is 344 Å². The van der Waals surface area contributed by atoms with E-state index >= 15 is 0 Å². The van der Waals surface area contributed by atoms with E-state index in [1.165, 1.54) is 12.1 Å². The number of nitrogens with one attached hydrogen (secondary N) is 1. The molecule has 0 aliphatic rings. The Bertz CT molecular complexity index is 3330. The van der Waals surface area contributed by atoms with Gasteiger partial charge in [-0.1, -0.05) is 59.7 Å². The van der Waals surface area contributed by atoms with Crippen LogP contribution in [0.15, 0.2) is 158 Å². The molecule has 1 N–H and O–H groups in total. The minimum atomic E-state index is -4.44. The maximum Gasteiger partial charge on any atom is 0.416 e. The second kappa shape index (κ2) is 13.1. The molecule has 0 aliphatic heterocycles. The van der Waals surface area contributed by atoms with E-state index in [0.29, 0.717) is 21.8 Å². The molecule has 0 aliphatic carbocycles. The fourth-order valence-electron chi connectivity index (χ4n) is 9.05. The second-order valence-corrected chi connectivity index (χ2v) is 15.9. The lowest BCUT2D eigenvalue weighted by Gasteiger charge is -2.11. The van der Waals surface area contributed by atoms with Crippen LogP contribution in [0.2, 0.25) is 0 Å². The molecule has 0 saturated carbocycles. The van der Waals surface area contributed by atoms with E-state index in [2.05, 4.69) is 41.4 Å². The SMILES string of the molecule is Cc1ccc2c(c1)c1cc(C(F)(F)F)ccc1n2-c1ccc(-c2ccc3[nH]c4ccc(-c5ccc(-n6c7ccc(C)cc7c7cc(C(F)(F)F)ccc76)cc5)cc4c3c2)cc1. The summed E-state index contributed by atoms with van der Waals surface area (Å²) in [6.45, 7) is 3.87. The lowest BCUT2D eigenvalue weighted by atomic mass is 10.00. The van der Waals surface area contributed by atoms with Crippen LogP contribution < -0.4 is 0 Å². The Morgan fingerprint density at radius 1 is 0.344 bits per heavy atom. The quantitative estimate of drug-likeness (QED) is 0.171. The molecular formula is C52H33F6N3. The van der Waals surface area contributed by atoms with Gasteiger partial charge in [0.1, 0.15) is 0 Å². The second-order valence-electron chi connectivity index (χ2n) is 15.9. The van der Waals surface area contributed by atoms with Crippen LogP contribution in [-0.4, -0.2) is 14.1 Å². The zero-order valence-electron chi connectivity index (χ0n) is 32.7. The molecule has 11 rings (SSSR count). The van der Waals surface area contributed by atoms with E-state index in [-0.39, 0.29) is 0 Å². The fraction of sp³-hybridized carbons (Fsp3) is 0.0769. The minimum absolute atomic E-state index is 0.557. The first-order chi connectivity index (χ1) is 29.3. The first-order valence-corrected chi connectivity index (χ1v) is 19.8. The molecule has 0 saturated heterocycles. The van der Waals surface area contributed by atoms with Crippen molar-refractivity contribution in [1.82, 2.24) is 14.1 Å². The van der Waals surface area contributed by atoms with E-state index < -0.39 is 23.5 Å². The highest BCUT2D eigenvalue weighted by Gasteiger charge is 2.32. The zero-order chi connectivity index (χ0) is 41.9. The van der Waals surface area contributed by atoms with Crippen LogP contribution >= 0.6 is 0 Å². The van der Waals surface area contributed by atoms with Crippen LogP contribution in [0.1, 0.15) is 22.3 Å². The molecule has 61 heavy (non-hydrogen) atoms. The van der Waals surface area contributed by atoms with Gasteiger partial charge < -0.3 is 14.1 Å². The molecule has 0 spiro atoms. The predicted molar refractivity (Wildman–Crippen MR) is 235 cm³/mol. The standard InChI is InChI=1S/C52H33F6N3/c1-29-3-19-47-41(23-29)43-27-35(51(53,54)55)11-21-49(43)60(47)37-13-5-31(6-14-37)33-9-17-45-39(25-33)40-26-34(10-18-46(40)59-45)32-7-15-38(16-8-32)61-48-20-4-30(2)24-42(48)44-28-36(52(56,57)58)12-22-50(44)61/h3-28,59H,1-2H3. The number of hydrogen-bond acceptors (Lipinski definition) is 0. The van der Waals surface area contributed by atoms with E-state index in [9.17, 15) is 26.3 Å². The lowest BCUT2D eigenvalue weighted by Crippen LogP contribution is -2.04. The number of rotatable bonds is 4. The molecule has 0 fully saturated rings. The summed E-state index contributed by atoms with van der Waals surface area (Å²) in [5.74, 6) is 0. The average Bonchev–Trinajstić information content (AvgIpc) is 3.89. The number of fused-ring (bicyclic) bond motifs is 9. The molecule has 3 nitrogen and oxygen atoms in total. The lowest BCUT2D eigenvalue weighted by molar-refractivity contribution is -0.138. The summed E-state index contributed by atoms with van der Waals surface area (Å²) in [5.41, 5.74) is 11.4. The van der Waals surface area contributed by atoms with E-state index in [1.54, 1.807) is 12.1 Å². The maximum atomic E-state index is 13.7. The van der Waals surface area contributed by atoms with Gasteiger partial charge in [0.15, 0.2) is 0 Å². The van der Waals surface area contributed by atoms with E-state index in [0.717, 1.165) is 100 Å². The van der Waals surface area contributed by atoms with Crippen LogP contribution in [0, 0.1) is 13.8 Å². The van der Waals surface area contributed by atoms with Crippen molar-refractivity contribution in [2.75, 3.05) is 0 Å². The Kier molecular flexibility index (Phi) is 7.91. The molecule has 3 heterocycles. The number of halogens is 6. The third kappa shape index (κ3) is 5.98. The van der Waals surface area contributed by atoms with Crippen LogP contribution in [0.25, 0.3) is 99.0 Å². The first-order valence-electron chi connectivity index (χ1n) is 19.8. The van der Waals surface area contributed by atoms with Gasteiger partial charge in [0, 0.05) is 54.7 Å². The molecule has 3 aromatic heterocycles. The molecule has 298 valence electrons. The minimum Gasteiger partial charge on any atom is -0.355 e. The Morgan fingerprint density at radius 2 is 0.689 bits per heavy atom. The smallest absolute Gasteiger partial charge is 0.355 e. The van der Waals surface area contributed by atoms with E-state index in [4.69, 9.17) is 0 Å². The number of nitrogens with zero attached hydrogens (tertiary/aromatic N) is 2. The number of H-pyrrole nitrogens is 1. The summed E-state index contributed by atoms with van der Waals surface area (Å²) in [4.78, 5) is 3.55. The molecule has 11 aromatic rings. The summed E-state index contributed by atoms with van der Waals surface area (Å²) >= 11 is 0. The van der Waals surface area contributed by atoms with Gasteiger partial charge in [-0.3, -0.25) is 0 Å². The Hall–Kier alpha value is -7.26. The normalized spacial score (nSPS) is 12.6. The summed E-state index contributed by atoms with van der Waals surface area (Å²) in [5, 5.41) is 4.78. The Balaban J connectivity index is 0.941.